The molecule has 42 heavy (non-hydrogen) atoms. The Kier molecular flexibility index (Phi) is 8.25. The number of aromatic nitrogens is 3. The van der Waals surface area contributed by atoms with Crippen LogP contribution < -0.4 is 24.9 Å². The van der Waals surface area contributed by atoms with Crippen LogP contribution in [0.1, 0.15) is 32.1 Å². The highest BCUT2D eigenvalue weighted by atomic mass is 16.6. The van der Waals surface area contributed by atoms with Crippen LogP contribution in [0.25, 0.3) is 21.9 Å². The van der Waals surface area contributed by atoms with Gasteiger partial charge in [0, 0.05) is 17.6 Å². The van der Waals surface area contributed by atoms with E-state index in [1.807, 2.05) is 24.3 Å². The zero-order valence-electron chi connectivity index (χ0n) is 23.0. The summed E-state index contributed by atoms with van der Waals surface area (Å²) in [5, 5.41) is 0.908. The number of rotatable bonds is 10. The van der Waals surface area contributed by atoms with E-state index in [9.17, 15) is 9.59 Å². The number of carbonyl (C=O) groups is 2. The van der Waals surface area contributed by atoms with E-state index in [0.717, 1.165) is 10.9 Å². The van der Waals surface area contributed by atoms with Gasteiger partial charge in [-0.15, -0.1) is 0 Å². The van der Waals surface area contributed by atoms with Crippen molar-refractivity contribution in [2.45, 2.75) is 13.2 Å². The SMILES string of the molecule is COC(=O)c1ccc(OCc2nc3cc4cccnc4cc3nc2COc2ccc(C(=O)OC)cc2ON)c(OC)c1. The minimum Gasteiger partial charge on any atom is -0.493 e. The van der Waals surface area contributed by atoms with Crippen LogP contribution >= 0.6 is 0 Å². The molecule has 0 amide bonds. The monoisotopic (exact) mass is 570 g/mol. The highest BCUT2D eigenvalue weighted by Crippen LogP contribution is 2.31. The van der Waals surface area contributed by atoms with Gasteiger partial charge in [0.05, 0.1) is 49.0 Å². The third-order valence-corrected chi connectivity index (χ3v) is 6.35. The quantitative estimate of drug-likeness (QED) is 0.146. The van der Waals surface area contributed by atoms with E-state index in [-0.39, 0.29) is 30.3 Å². The molecule has 2 N–H and O–H groups in total. The zero-order valence-corrected chi connectivity index (χ0v) is 23.0. The highest BCUT2D eigenvalue weighted by molar-refractivity contribution is 5.93. The number of nitrogens with zero attached hydrogens (tertiary/aromatic N) is 3. The Labute approximate surface area is 239 Å². The van der Waals surface area contributed by atoms with Gasteiger partial charge in [-0.3, -0.25) is 4.98 Å². The Hall–Kier alpha value is -5.49. The van der Waals surface area contributed by atoms with Crippen molar-refractivity contribution < 1.29 is 38.1 Å². The van der Waals surface area contributed by atoms with E-state index in [1.54, 1.807) is 24.4 Å². The van der Waals surface area contributed by atoms with Crippen molar-refractivity contribution in [3.63, 3.8) is 0 Å². The van der Waals surface area contributed by atoms with Gasteiger partial charge < -0.3 is 28.5 Å². The first-order valence-electron chi connectivity index (χ1n) is 12.6. The Morgan fingerprint density at radius 2 is 1.26 bits per heavy atom. The number of nitrogens with two attached hydrogens (primary N) is 1. The second kappa shape index (κ2) is 12.4. The summed E-state index contributed by atoms with van der Waals surface area (Å²) < 4.78 is 27.0. The number of hydrogen-bond acceptors (Lipinski definition) is 12. The maximum Gasteiger partial charge on any atom is 0.337 e. The predicted molar refractivity (Wildman–Crippen MR) is 150 cm³/mol. The number of methoxy groups -OCH3 is 3. The molecule has 2 heterocycles. The number of pyridine rings is 1. The summed E-state index contributed by atoms with van der Waals surface area (Å²) in [5.41, 5.74) is 3.55. The van der Waals surface area contributed by atoms with Gasteiger partial charge in [-0.1, -0.05) is 6.07 Å². The van der Waals surface area contributed by atoms with Gasteiger partial charge in [-0.05, 0) is 48.5 Å². The lowest BCUT2D eigenvalue weighted by molar-refractivity contribution is 0.0591. The molecule has 0 aliphatic heterocycles. The van der Waals surface area contributed by atoms with Crippen LogP contribution in [0.3, 0.4) is 0 Å². The Balaban J connectivity index is 1.49. The maximum absolute atomic E-state index is 11.9. The summed E-state index contributed by atoms with van der Waals surface area (Å²) in [6.45, 7) is -0.0314. The number of ether oxygens (including phenoxy) is 5. The minimum atomic E-state index is -0.546. The number of esters is 2. The van der Waals surface area contributed by atoms with Gasteiger partial charge in [-0.25, -0.2) is 19.6 Å². The topological polar surface area (TPSA) is 154 Å². The smallest absolute Gasteiger partial charge is 0.337 e. The summed E-state index contributed by atoms with van der Waals surface area (Å²) in [4.78, 5) is 42.8. The molecule has 0 saturated heterocycles. The van der Waals surface area contributed by atoms with Crippen molar-refractivity contribution in [1.82, 2.24) is 15.0 Å². The van der Waals surface area contributed by atoms with Gasteiger partial charge in [-0.2, -0.15) is 5.90 Å². The van der Waals surface area contributed by atoms with Crippen LogP contribution in [0.2, 0.25) is 0 Å². The van der Waals surface area contributed by atoms with Crippen molar-refractivity contribution in [3.8, 4) is 23.0 Å². The molecule has 214 valence electrons. The molecule has 0 fully saturated rings. The second-order valence-corrected chi connectivity index (χ2v) is 8.86. The normalized spacial score (nSPS) is 10.8. The number of carbonyl (C=O) groups excluding carboxylic acids is 2. The lowest BCUT2D eigenvalue weighted by Crippen LogP contribution is -2.11. The molecule has 0 aliphatic rings. The van der Waals surface area contributed by atoms with Crippen molar-refractivity contribution >= 4 is 33.9 Å². The maximum atomic E-state index is 11.9. The first-order valence-corrected chi connectivity index (χ1v) is 12.6. The highest BCUT2D eigenvalue weighted by Gasteiger charge is 2.17. The van der Waals surface area contributed by atoms with Crippen molar-refractivity contribution in [2.24, 2.45) is 5.90 Å². The van der Waals surface area contributed by atoms with Crippen LogP contribution in [0.4, 0.5) is 0 Å². The fraction of sp³-hybridized carbons (Fsp3) is 0.167. The molecule has 3 aromatic carbocycles. The third kappa shape index (κ3) is 5.83. The second-order valence-electron chi connectivity index (χ2n) is 8.86. The standard InChI is InChI=1S/C30H26N4O8/c1-37-27-12-18(29(35)38-2)6-8-25(27)40-15-23-24(16-41-26-9-7-19(30(36)39-3)13-28(26)42-31)34-22-14-20-17(5-4-10-32-20)11-21(22)33-23/h4-14H,15-16,31H2,1-3H3. The molecule has 12 heteroatoms. The Bertz CT molecular complexity index is 1660. The molecule has 0 bridgehead atoms. The fourth-order valence-electron chi connectivity index (χ4n) is 4.22. The summed E-state index contributed by atoms with van der Waals surface area (Å²) in [5.74, 6) is 5.54. The zero-order chi connectivity index (χ0) is 29.6. The van der Waals surface area contributed by atoms with Gasteiger partial charge in [0.15, 0.2) is 23.0 Å². The molecule has 0 spiro atoms. The lowest BCUT2D eigenvalue weighted by Gasteiger charge is -2.15. The van der Waals surface area contributed by atoms with Gasteiger partial charge in [0.25, 0.3) is 0 Å². The molecule has 0 unspecified atom stereocenters. The average molecular weight is 571 g/mol. The molecular formula is C30H26N4O8. The van der Waals surface area contributed by atoms with Gasteiger partial charge in [0.1, 0.15) is 24.6 Å². The lowest BCUT2D eigenvalue weighted by atomic mass is 10.1. The Morgan fingerprint density at radius 1 is 0.690 bits per heavy atom. The minimum absolute atomic E-state index is 0.00215. The summed E-state index contributed by atoms with van der Waals surface area (Å²) in [6.07, 6.45) is 1.71. The van der Waals surface area contributed by atoms with Crippen molar-refractivity contribution in [3.05, 3.63) is 89.4 Å². The van der Waals surface area contributed by atoms with Crippen LogP contribution in [0, 0.1) is 0 Å². The number of benzene rings is 3. The summed E-state index contributed by atoms with van der Waals surface area (Å²) >= 11 is 0. The first kappa shape index (κ1) is 28.1. The van der Waals surface area contributed by atoms with Crippen molar-refractivity contribution in [2.75, 3.05) is 21.3 Å². The van der Waals surface area contributed by atoms with E-state index in [4.69, 9.17) is 44.4 Å². The van der Waals surface area contributed by atoms with E-state index >= 15 is 0 Å². The number of hydrogen-bond donors (Lipinski definition) is 1. The third-order valence-electron chi connectivity index (χ3n) is 6.35. The summed E-state index contributed by atoms with van der Waals surface area (Å²) in [7, 11) is 4.05. The van der Waals surface area contributed by atoms with Gasteiger partial charge >= 0.3 is 11.9 Å². The Morgan fingerprint density at radius 3 is 1.83 bits per heavy atom. The molecular weight excluding hydrogens is 544 g/mol. The predicted octanol–water partition coefficient (Wildman–Crippen LogP) is 4.17. The summed E-state index contributed by atoms with van der Waals surface area (Å²) in [6, 6.07) is 16.7. The van der Waals surface area contributed by atoms with Crippen LogP contribution in [0.15, 0.2) is 66.9 Å². The first-order chi connectivity index (χ1) is 20.4. The van der Waals surface area contributed by atoms with E-state index in [1.165, 1.54) is 39.5 Å². The molecule has 0 saturated carbocycles. The molecule has 2 aromatic heterocycles. The molecule has 0 radical (unpaired) electrons. The van der Waals surface area contributed by atoms with E-state index in [0.29, 0.717) is 39.5 Å². The average Bonchev–Trinajstić information content (AvgIpc) is 3.04. The van der Waals surface area contributed by atoms with E-state index in [2.05, 4.69) is 4.98 Å². The molecule has 12 nitrogen and oxygen atoms in total. The van der Waals surface area contributed by atoms with E-state index < -0.39 is 11.9 Å². The molecule has 0 aliphatic carbocycles. The molecule has 5 rings (SSSR count). The van der Waals surface area contributed by atoms with Crippen LogP contribution in [0.5, 0.6) is 23.0 Å². The fourth-order valence-corrected chi connectivity index (χ4v) is 4.22. The van der Waals surface area contributed by atoms with Crippen LogP contribution in [-0.4, -0.2) is 48.2 Å². The van der Waals surface area contributed by atoms with Crippen molar-refractivity contribution in [1.29, 1.82) is 0 Å². The van der Waals surface area contributed by atoms with Gasteiger partial charge in [0.2, 0.25) is 0 Å². The van der Waals surface area contributed by atoms with Crippen LogP contribution in [-0.2, 0) is 22.7 Å². The largest absolute Gasteiger partial charge is 0.493 e. The molecule has 0 atom stereocenters. The number of fused-ring (bicyclic) bond motifs is 2. The molecule has 5 aromatic rings.